The summed E-state index contributed by atoms with van der Waals surface area (Å²) >= 11 is 0. The molecule has 1 aliphatic rings. The number of aromatic nitrogens is 1. The van der Waals surface area contributed by atoms with Crippen molar-refractivity contribution in [1.29, 1.82) is 0 Å². The van der Waals surface area contributed by atoms with Crippen LogP contribution in [0.2, 0.25) is 0 Å². The van der Waals surface area contributed by atoms with Gasteiger partial charge in [-0.15, -0.1) is 0 Å². The number of hydrogen-bond donors (Lipinski definition) is 2. The maximum Gasteiger partial charge on any atom is 0.0908 e. The molecule has 0 aliphatic carbocycles. The highest BCUT2D eigenvalue weighted by Crippen LogP contribution is 2.38. The summed E-state index contributed by atoms with van der Waals surface area (Å²) in [5, 5.41) is 11.0. The fraction of sp³-hybridized carbons (Fsp3) is 0.444. The molecule has 2 heterocycles. The second-order valence-corrected chi connectivity index (χ2v) is 7.02. The molecule has 1 aromatic heterocycles. The van der Waals surface area contributed by atoms with Crippen LogP contribution in [0.25, 0.3) is 17.0 Å². The lowest BCUT2D eigenvalue weighted by Crippen LogP contribution is -2.13. The average Bonchev–Trinajstić information content (AvgIpc) is 2.81. The third-order valence-corrected chi connectivity index (χ3v) is 4.04. The number of epoxide rings is 1. The fourth-order valence-electron chi connectivity index (χ4n) is 2.59. The zero-order valence-electron chi connectivity index (χ0n) is 13.1. The first-order valence-corrected chi connectivity index (χ1v) is 7.44. The van der Waals surface area contributed by atoms with Crippen LogP contribution in [-0.4, -0.2) is 27.4 Å². The van der Waals surface area contributed by atoms with Gasteiger partial charge in [0.2, 0.25) is 0 Å². The van der Waals surface area contributed by atoms with Gasteiger partial charge >= 0.3 is 0 Å². The van der Waals surface area contributed by atoms with Crippen LogP contribution in [0.1, 0.15) is 38.8 Å². The number of rotatable bonds is 4. The molecule has 1 unspecified atom stereocenters. The average molecular weight is 285 g/mol. The molecule has 0 radical (unpaired) electrons. The fourth-order valence-corrected chi connectivity index (χ4v) is 2.59. The van der Waals surface area contributed by atoms with E-state index in [-0.39, 0.29) is 5.60 Å². The smallest absolute Gasteiger partial charge is 0.0908 e. The highest BCUT2D eigenvalue weighted by atomic mass is 16.6. The molecule has 21 heavy (non-hydrogen) atoms. The first kappa shape index (κ1) is 14.4. The number of aliphatic hydroxyl groups is 1. The van der Waals surface area contributed by atoms with Crippen LogP contribution in [0, 0.1) is 0 Å². The molecule has 0 spiro atoms. The van der Waals surface area contributed by atoms with Gasteiger partial charge in [-0.3, -0.25) is 0 Å². The topological polar surface area (TPSA) is 48.5 Å². The van der Waals surface area contributed by atoms with Gasteiger partial charge in [0.05, 0.1) is 17.3 Å². The van der Waals surface area contributed by atoms with E-state index in [4.69, 9.17) is 4.74 Å². The number of aromatic amines is 1. The molecule has 0 bridgehead atoms. The van der Waals surface area contributed by atoms with E-state index in [1.54, 1.807) is 13.8 Å². The van der Waals surface area contributed by atoms with Crippen LogP contribution in [0.3, 0.4) is 0 Å². The summed E-state index contributed by atoms with van der Waals surface area (Å²) in [4.78, 5) is 3.32. The maximum atomic E-state index is 9.78. The van der Waals surface area contributed by atoms with Gasteiger partial charge in [0.25, 0.3) is 0 Å². The van der Waals surface area contributed by atoms with E-state index in [0.29, 0.717) is 6.10 Å². The molecule has 112 valence electrons. The van der Waals surface area contributed by atoms with Crippen LogP contribution in [0.15, 0.2) is 30.5 Å². The largest absolute Gasteiger partial charge is 0.386 e. The zero-order chi connectivity index (χ0) is 15.3. The molecule has 2 N–H and O–H groups in total. The summed E-state index contributed by atoms with van der Waals surface area (Å²) in [7, 11) is 0. The third-order valence-electron chi connectivity index (χ3n) is 4.04. The van der Waals surface area contributed by atoms with Gasteiger partial charge in [-0.2, -0.15) is 0 Å². The van der Waals surface area contributed by atoms with Crippen molar-refractivity contribution in [1.82, 2.24) is 4.98 Å². The molecule has 1 fully saturated rings. The van der Waals surface area contributed by atoms with Crippen molar-refractivity contribution < 1.29 is 9.84 Å². The highest BCUT2D eigenvalue weighted by molar-refractivity contribution is 5.85. The van der Waals surface area contributed by atoms with E-state index in [2.05, 4.69) is 43.2 Å². The Balaban J connectivity index is 1.87. The van der Waals surface area contributed by atoms with Crippen LogP contribution >= 0.6 is 0 Å². The van der Waals surface area contributed by atoms with E-state index >= 15 is 0 Å². The highest BCUT2D eigenvalue weighted by Gasteiger charge is 2.47. The molecule has 1 saturated heterocycles. The number of ether oxygens (including phenoxy) is 1. The van der Waals surface area contributed by atoms with Gasteiger partial charge in [0, 0.05) is 23.5 Å². The number of fused-ring (bicyclic) bond motifs is 1. The Morgan fingerprint density at radius 3 is 2.71 bits per heavy atom. The van der Waals surface area contributed by atoms with Crippen molar-refractivity contribution >= 4 is 17.0 Å². The molecule has 3 rings (SSSR count). The number of benzene rings is 1. The summed E-state index contributed by atoms with van der Waals surface area (Å²) in [6.45, 7) is 7.81. The van der Waals surface area contributed by atoms with Crippen LogP contribution in [0.4, 0.5) is 0 Å². The van der Waals surface area contributed by atoms with Crippen LogP contribution in [-0.2, 0) is 11.2 Å². The van der Waals surface area contributed by atoms with Crippen LogP contribution < -0.4 is 0 Å². The second kappa shape index (κ2) is 4.72. The zero-order valence-corrected chi connectivity index (χ0v) is 13.1. The first-order chi connectivity index (χ1) is 9.74. The van der Waals surface area contributed by atoms with Crippen molar-refractivity contribution in [3.8, 4) is 0 Å². The lowest BCUT2D eigenvalue weighted by atomic mass is 10.0. The van der Waals surface area contributed by atoms with Gasteiger partial charge in [0.15, 0.2) is 0 Å². The third kappa shape index (κ3) is 3.20. The van der Waals surface area contributed by atoms with Crippen molar-refractivity contribution in [2.24, 2.45) is 0 Å². The van der Waals surface area contributed by atoms with E-state index in [0.717, 1.165) is 17.5 Å². The minimum atomic E-state index is -0.790. The monoisotopic (exact) mass is 285 g/mol. The van der Waals surface area contributed by atoms with Gasteiger partial charge in [-0.25, -0.2) is 0 Å². The van der Waals surface area contributed by atoms with E-state index in [1.165, 1.54) is 10.9 Å². The summed E-state index contributed by atoms with van der Waals surface area (Å²) in [5.41, 5.74) is 2.76. The number of H-pyrrole nitrogens is 1. The Bertz CT molecular complexity index is 689. The Kier molecular flexibility index (Phi) is 3.23. The summed E-state index contributed by atoms with van der Waals surface area (Å²) in [6, 6.07) is 6.31. The molecule has 3 heteroatoms. The van der Waals surface area contributed by atoms with Crippen molar-refractivity contribution in [3.05, 3.63) is 41.6 Å². The van der Waals surface area contributed by atoms with Crippen molar-refractivity contribution in [3.63, 3.8) is 0 Å². The molecule has 3 nitrogen and oxygen atoms in total. The van der Waals surface area contributed by atoms with Crippen molar-refractivity contribution in [2.75, 3.05) is 0 Å². The van der Waals surface area contributed by atoms with Gasteiger partial charge in [-0.1, -0.05) is 18.2 Å². The second-order valence-electron chi connectivity index (χ2n) is 7.02. The lowest BCUT2D eigenvalue weighted by Gasteiger charge is -2.10. The normalized spacial score (nSPS) is 21.3. The van der Waals surface area contributed by atoms with Crippen molar-refractivity contribution in [2.45, 2.75) is 51.4 Å². The molecule has 0 amide bonds. The Morgan fingerprint density at radius 1 is 1.38 bits per heavy atom. The van der Waals surface area contributed by atoms with Gasteiger partial charge < -0.3 is 14.8 Å². The van der Waals surface area contributed by atoms with Gasteiger partial charge in [-0.05, 0) is 51.0 Å². The molecule has 1 aliphatic heterocycles. The number of nitrogens with one attached hydrogen (secondary N) is 1. The lowest BCUT2D eigenvalue weighted by molar-refractivity contribution is 0.134. The SMILES string of the molecule is CC(C)(O)C=Cc1ccc2[nH]cc(CC3OC3(C)C)c2c1. The van der Waals surface area contributed by atoms with Gasteiger partial charge in [0.1, 0.15) is 0 Å². The van der Waals surface area contributed by atoms with Crippen LogP contribution in [0.5, 0.6) is 0 Å². The summed E-state index contributed by atoms with van der Waals surface area (Å²) in [6.07, 6.45) is 7.10. The van der Waals surface area contributed by atoms with E-state index in [9.17, 15) is 5.11 Å². The predicted molar refractivity (Wildman–Crippen MR) is 86.3 cm³/mol. The first-order valence-electron chi connectivity index (χ1n) is 7.44. The van der Waals surface area contributed by atoms with E-state index in [1.807, 2.05) is 12.2 Å². The molecular formula is C18H23NO2. The molecule has 2 aromatic rings. The summed E-state index contributed by atoms with van der Waals surface area (Å²) in [5.74, 6) is 0. The molecule has 1 aromatic carbocycles. The summed E-state index contributed by atoms with van der Waals surface area (Å²) < 4.78 is 5.69. The Labute approximate surface area is 125 Å². The minimum absolute atomic E-state index is 0.0159. The predicted octanol–water partition coefficient (Wildman–Crippen LogP) is 3.67. The molecular weight excluding hydrogens is 262 g/mol. The molecule has 0 saturated carbocycles. The minimum Gasteiger partial charge on any atom is -0.386 e. The Morgan fingerprint density at radius 2 is 2.10 bits per heavy atom. The maximum absolute atomic E-state index is 9.78. The molecule has 1 atom stereocenters. The quantitative estimate of drug-likeness (QED) is 0.842. The standard InChI is InChI=1S/C18H23NO2/c1-17(2,20)8-7-12-5-6-15-14(9-12)13(11-19-15)10-16-18(3,4)21-16/h5-9,11,16,19-20H,10H2,1-4H3. The Hall–Kier alpha value is -1.58. The number of hydrogen-bond acceptors (Lipinski definition) is 2. The van der Waals surface area contributed by atoms with E-state index < -0.39 is 5.60 Å².